The number of nitrogens with one attached hydrogen (secondary N) is 1. The molecule has 1 aromatic heterocycles. The van der Waals surface area contributed by atoms with Crippen molar-refractivity contribution in [2.75, 3.05) is 20.1 Å². The van der Waals surface area contributed by atoms with Crippen LogP contribution in [0.3, 0.4) is 0 Å². The lowest BCUT2D eigenvalue weighted by atomic mass is 9.89. The number of para-hydroxylation sites is 1. The lowest BCUT2D eigenvalue weighted by molar-refractivity contribution is 0.256. The van der Waals surface area contributed by atoms with Gasteiger partial charge >= 0.3 is 0 Å². The van der Waals surface area contributed by atoms with Crippen molar-refractivity contribution in [3.8, 4) is 0 Å². The molecule has 94 valence electrons. The Labute approximate surface area is 108 Å². The summed E-state index contributed by atoms with van der Waals surface area (Å²) in [4.78, 5) is 5.85. The van der Waals surface area contributed by atoms with E-state index in [-0.39, 0.29) is 0 Å². The molecule has 0 amide bonds. The normalized spacial score (nSPS) is 18.3. The number of H-pyrrole nitrogens is 1. The van der Waals surface area contributed by atoms with Crippen molar-refractivity contribution < 1.29 is 0 Å². The maximum atomic E-state index is 3.89. The highest BCUT2D eigenvalue weighted by Crippen LogP contribution is 2.33. The van der Waals surface area contributed by atoms with E-state index in [0.717, 1.165) is 0 Å². The van der Waals surface area contributed by atoms with Crippen LogP contribution in [0.5, 0.6) is 0 Å². The van der Waals surface area contributed by atoms with Crippen LogP contribution in [-0.4, -0.2) is 30.0 Å². The molecule has 0 spiro atoms. The summed E-state index contributed by atoms with van der Waals surface area (Å²) in [5.74, 6) is 0.704. The molecule has 0 unspecified atom stereocenters. The molecule has 1 N–H and O–H groups in total. The van der Waals surface area contributed by atoms with Crippen LogP contribution in [0.1, 0.15) is 29.9 Å². The predicted octanol–water partition coefficient (Wildman–Crippen LogP) is 3.62. The Bertz CT molecular complexity index is 559. The number of hydrogen-bond donors (Lipinski definition) is 1. The summed E-state index contributed by atoms with van der Waals surface area (Å²) < 4.78 is 0. The number of rotatable bonds is 2. The second-order valence-corrected chi connectivity index (χ2v) is 5.30. The van der Waals surface area contributed by atoms with Gasteiger partial charge < -0.3 is 9.88 Å². The van der Waals surface area contributed by atoms with Crippen molar-refractivity contribution in [2.24, 2.45) is 0 Å². The van der Waals surface area contributed by atoms with Gasteiger partial charge in [-0.15, -0.1) is 0 Å². The van der Waals surface area contributed by atoms with Gasteiger partial charge in [0.05, 0.1) is 5.52 Å². The van der Waals surface area contributed by atoms with Crippen molar-refractivity contribution in [3.05, 3.63) is 42.1 Å². The summed E-state index contributed by atoms with van der Waals surface area (Å²) in [6.07, 6.45) is 6.66. The van der Waals surface area contributed by atoms with Crippen molar-refractivity contribution in [3.63, 3.8) is 0 Å². The topological polar surface area (TPSA) is 19.0 Å². The standard InChI is InChI=1S/C16H20N2/c1-3-12-5-4-6-14-15(11-17-16(12)14)13-7-9-18(2)10-8-13/h3-6,11,13,17H,1,7-10H2,2H3. The monoisotopic (exact) mass is 240 g/mol. The first kappa shape index (κ1) is 11.5. The number of aromatic amines is 1. The van der Waals surface area contributed by atoms with Crippen LogP contribution in [0.2, 0.25) is 0 Å². The smallest absolute Gasteiger partial charge is 0.0530 e. The quantitative estimate of drug-likeness (QED) is 0.849. The Morgan fingerprint density at radius 2 is 2.11 bits per heavy atom. The van der Waals surface area contributed by atoms with Gasteiger partial charge in [-0.1, -0.05) is 30.9 Å². The van der Waals surface area contributed by atoms with E-state index in [1.54, 1.807) is 0 Å². The third-order valence-electron chi connectivity index (χ3n) is 4.16. The van der Waals surface area contributed by atoms with Crippen LogP contribution >= 0.6 is 0 Å². The Morgan fingerprint density at radius 3 is 2.83 bits per heavy atom. The molecule has 1 saturated heterocycles. The summed E-state index contributed by atoms with van der Waals surface area (Å²) in [7, 11) is 2.21. The SMILES string of the molecule is C=Cc1cccc2c(C3CCN(C)CC3)c[nH]c12. The van der Waals surface area contributed by atoms with Crippen LogP contribution in [0.4, 0.5) is 0 Å². The zero-order valence-corrected chi connectivity index (χ0v) is 10.9. The van der Waals surface area contributed by atoms with Crippen molar-refractivity contribution in [1.82, 2.24) is 9.88 Å². The minimum Gasteiger partial charge on any atom is -0.360 e. The van der Waals surface area contributed by atoms with E-state index in [9.17, 15) is 0 Å². The molecule has 1 fully saturated rings. The highest BCUT2D eigenvalue weighted by atomic mass is 15.1. The number of piperidine rings is 1. The third kappa shape index (κ3) is 1.87. The molecule has 0 atom stereocenters. The van der Waals surface area contributed by atoms with E-state index < -0.39 is 0 Å². The Hall–Kier alpha value is -1.54. The molecular weight excluding hydrogens is 220 g/mol. The maximum Gasteiger partial charge on any atom is 0.0530 e. The molecule has 2 nitrogen and oxygen atoms in total. The molecule has 1 aliphatic heterocycles. The Morgan fingerprint density at radius 1 is 1.33 bits per heavy atom. The van der Waals surface area contributed by atoms with Gasteiger partial charge in [-0.25, -0.2) is 0 Å². The summed E-state index contributed by atoms with van der Waals surface area (Å²) >= 11 is 0. The number of nitrogens with zero attached hydrogens (tertiary/aromatic N) is 1. The molecule has 0 aliphatic carbocycles. The van der Waals surface area contributed by atoms with Crippen LogP contribution in [0.25, 0.3) is 17.0 Å². The van der Waals surface area contributed by atoms with Gasteiger partial charge in [-0.2, -0.15) is 0 Å². The average molecular weight is 240 g/mol. The molecule has 3 rings (SSSR count). The Balaban J connectivity index is 2.00. The fraction of sp³-hybridized carbons (Fsp3) is 0.375. The molecule has 2 aromatic rings. The molecular formula is C16H20N2. The van der Waals surface area contributed by atoms with E-state index in [1.807, 2.05) is 6.08 Å². The molecule has 1 aliphatic rings. The van der Waals surface area contributed by atoms with Gasteiger partial charge in [0.2, 0.25) is 0 Å². The number of hydrogen-bond acceptors (Lipinski definition) is 1. The first-order valence-corrected chi connectivity index (χ1v) is 6.70. The lowest BCUT2D eigenvalue weighted by Crippen LogP contribution is -2.29. The summed E-state index contributed by atoms with van der Waals surface area (Å²) in [5, 5.41) is 1.38. The largest absolute Gasteiger partial charge is 0.360 e. The number of likely N-dealkylation sites (tertiary alicyclic amines) is 1. The summed E-state index contributed by atoms with van der Waals surface area (Å²) in [6, 6.07) is 6.47. The van der Waals surface area contributed by atoms with Gasteiger partial charge in [0.25, 0.3) is 0 Å². The van der Waals surface area contributed by atoms with Crippen LogP contribution < -0.4 is 0 Å². The van der Waals surface area contributed by atoms with Gasteiger partial charge in [-0.3, -0.25) is 0 Å². The van der Waals surface area contributed by atoms with Crippen LogP contribution in [0.15, 0.2) is 31.0 Å². The zero-order valence-electron chi connectivity index (χ0n) is 10.9. The summed E-state index contributed by atoms with van der Waals surface area (Å²) in [5.41, 5.74) is 3.93. The first-order chi connectivity index (χ1) is 8.79. The van der Waals surface area contributed by atoms with E-state index in [4.69, 9.17) is 0 Å². The second-order valence-electron chi connectivity index (χ2n) is 5.30. The van der Waals surface area contributed by atoms with Gasteiger partial charge in [0.15, 0.2) is 0 Å². The van der Waals surface area contributed by atoms with Crippen molar-refractivity contribution in [2.45, 2.75) is 18.8 Å². The third-order valence-corrected chi connectivity index (χ3v) is 4.16. The van der Waals surface area contributed by atoms with Crippen LogP contribution in [0, 0.1) is 0 Å². The van der Waals surface area contributed by atoms with E-state index in [1.165, 1.54) is 48.0 Å². The molecule has 0 radical (unpaired) electrons. The minimum absolute atomic E-state index is 0.704. The van der Waals surface area contributed by atoms with E-state index in [2.05, 4.69) is 47.9 Å². The molecule has 1 aromatic carbocycles. The number of aromatic nitrogens is 1. The molecule has 0 saturated carbocycles. The van der Waals surface area contributed by atoms with Crippen molar-refractivity contribution in [1.29, 1.82) is 0 Å². The second kappa shape index (κ2) is 4.62. The lowest BCUT2D eigenvalue weighted by Gasteiger charge is -2.28. The van der Waals surface area contributed by atoms with Gasteiger partial charge in [0, 0.05) is 11.6 Å². The maximum absolute atomic E-state index is 3.89. The predicted molar refractivity (Wildman–Crippen MR) is 77.9 cm³/mol. The highest BCUT2D eigenvalue weighted by molar-refractivity contribution is 5.90. The van der Waals surface area contributed by atoms with E-state index >= 15 is 0 Å². The molecule has 0 bridgehead atoms. The van der Waals surface area contributed by atoms with Gasteiger partial charge in [-0.05, 0) is 50.0 Å². The number of fused-ring (bicyclic) bond motifs is 1. The molecule has 2 heterocycles. The fourth-order valence-electron chi connectivity index (χ4n) is 3.03. The minimum atomic E-state index is 0.704. The Kier molecular flexibility index (Phi) is 2.96. The van der Waals surface area contributed by atoms with E-state index in [0.29, 0.717) is 5.92 Å². The fourth-order valence-corrected chi connectivity index (χ4v) is 3.03. The van der Waals surface area contributed by atoms with Crippen molar-refractivity contribution >= 4 is 17.0 Å². The summed E-state index contributed by atoms with van der Waals surface area (Å²) in [6.45, 7) is 6.30. The van der Waals surface area contributed by atoms with Crippen LogP contribution in [-0.2, 0) is 0 Å². The number of benzene rings is 1. The molecule has 2 heteroatoms. The zero-order chi connectivity index (χ0) is 12.5. The van der Waals surface area contributed by atoms with Gasteiger partial charge in [0.1, 0.15) is 0 Å². The highest BCUT2D eigenvalue weighted by Gasteiger charge is 2.21. The average Bonchev–Trinajstić information content (AvgIpc) is 2.83. The first-order valence-electron chi connectivity index (χ1n) is 6.70. The molecule has 18 heavy (non-hydrogen) atoms.